The lowest BCUT2D eigenvalue weighted by molar-refractivity contribution is -0.236. The predicted octanol–water partition coefficient (Wildman–Crippen LogP) is 10.3. The van der Waals surface area contributed by atoms with Crippen molar-refractivity contribution in [3.8, 4) is 0 Å². The van der Waals surface area contributed by atoms with Gasteiger partial charge in [0.05, 0.1) is 11.8 Å². The minimum atomic E-state index is -0.831. The second kappa shape index (κ2) is 15.3. The van der Waals surface area contributed by atoms with Crippen molar-refractivity contribution < 1.29 is 29.0 Å². The molecule has 6 aliphatic carbocycles. The number of carbonyl (C=O) groups is 4. The minimum Gasteiger partial charge on any atom is -0.481 e. The molecule has 10 atom stereocenters. The summed E-state index contributed by atoms with van der Waals surface area (Å²) in [4.78, 5) is 58.7. The van der Waals surface area contributed by atoms with Crippen LogP contribution in [0.5, 0.6) is 0 Å². The number of benzene rings is 1. The van der Waals surface area contributed by atoms with Crippen molar-refractivity contribution in [1.29, 1.82) is 0 Å². The van der Waals surface area contributed by atoms with Crippen molar-refractivity contribution in [2.45, 2.75) is 146 Å². The number of Topliss-reactive ketones (excluding diaryl/α,β-unsaturated/α-hetero) is 1. The van der Waals surface area contributed by atoms with Gasteiger partial charge in [0.2, 0.25) is 5.91 Å². The molecule has 326 valence electrons. The lowest BCUT2D eigenvalue weighted by Crippen LogP contribution is -2.66. The fourth-order valence-electron chi connectivity index (χ4n) is 15.0. The van der Waals surface area contributed by atoms with Gasteiger partial charge in [0, 0.05) is 48.3 Å². The number of ketones is 1. The van der Waals surface area contributed by atoms with Crippen LogP contribution in [0, 0.1) is 68.0 Å². The molecule has 0 saturated heterocycles. The molecule has 0 bridgehead atoms. The van der Waals surface area contributed by atoms with Crippen molar-refractivity contribution in [3.05, 3.63) is 46.0 Å². The molecule has 0 heterocycles. The second-order valence-corrected chi connectivity index (χ2v) is 23.1. The number of nitrogens with zero attached hydrogens (tertiary/aromatic N) is 2. The molecule has 0 aliphatic heterocycles. The third kappa shape index (κ3) is 7.04. The predicted molar refractivity (Wildman–Crippen MR) is 232 cm³/mol. The fourth-order valence-corrected chi connectivity index (χ4v) is 15.2. The van der Waals surface area contributed by atoms with Crippen LogP contribution in [0.2, 0.25) is 5.02 Å². The molecule has 7 rings (SSSR count). The van der Waals surface area contributed by atoms with Gasteiger partial charge in [-0.15, -0.1) is 0 Å². The van der Waals surface area contributed by atoms with Gasteiger partial charge in [-0.05, 0) is 140 Å². The van der Waals surface area contributed by atoms with Crippen LogP contribution in [0.25, 0.3) is 0 Å². The number of carboxylic acids is 1. The Morgan fingerprint density at radius 1 is 0.864 bits per heavy atom. The Labute approximate surface area is 359 Å². The maximum absolute atomic E-state index is 14.7. The molecule has 8 nitrogen and oxygen atoms in total. The zero-order chi connectivity index (χ0) is 43.2. The Balaban J connectivity index is 1.15. The van der Waals surface area contributed by atoms with Crippen LogP contribution in [0.15, 0.2) is 35.4 Å². The van der Waals surface area contributed by atoms with Crippen LogP contribution in [0.1, 0.15) is 139 Å². The summed E-state index contributed by atoms with van der Waals surface area (Å²) < 4.78 is 6.44. The number of esters is 1. The fraction of sp³-hybridized carbons (Fsp3) is 0.760. The van der Waals surface area contributed by atoms with E-state index in [0.717, 1.165) is 69.0 Å². The van der Waals surface area contributed by atoms with E-state index in [-0.39, 0.29) is 63.2 Å². The highest BCUT2D eigenvalue weighted by Gasteiger charge is 2.70. The number of rotatable bonds is 11. The summed E-state index contributed by atoms with van der Waals surface area (Å²) >= 11 is 6.40. The molecule has 1 N–H and O–H groups in total. The third-order valence-electron chi connectivity index (χ3n) is 18.5. The number of halogens is 1. The molecule has 0 radical (unpaired) electrons. The Hall–Kier alpha value is -2.71. The number of fused-ring (bicyclic) bond motifs is 7. The van der Waals surface area contributed by atoms with Gasteiger partial charge in [-0.2, -0.15) is 0 Å². The lowest BCUT2D eigenvalue weighted by Gasteiger charge is -2.72. The van der Waals surface area contributed by atoms with Gasteiger partial charge in [0.15, 0.2) is 5.78 Å². The van der Waals surface area contributed by atoms with E-state index in [4.69, 9.17) is 16.3 Å². The molecular weight excluding hydrogens is 760 g/mol. The molecule has 1 aromatic rings. The summed E-state index contributed by atoms with van der Waals surface area (Å²) in [5.41, 5.74) is 2.17. The van der Waals surface area contributed by atoms with Gasteiger partial charge in [0.25, 0.3) is 0 Å². The molecule has 5 fully saturated rings. The van der Waals surface area contributed by atoms with Crippen molar-refractivity contribution in [3.63, 3.8) is 0 Å². The molecule has 9 heteroatoms. The Morgan fingerprint density at radius 3 is 2.20 bits per heavy atom. The largest absolute Gasteiger partial charge is 0.481 e. The molecule has 6 aliphatic rings. The summed E-state index contributed by atoms with van der Waals surface area (Å²) in [7, 11) is 4.08. The lowest BCUT2D eigenvalue weighted by atomic mass is 9.33. The molecule has 59 heavy (non-hydrogen) atoms. The highest BCUT2D eigenvalue weighted by Crippen LogP contribution is 2.77. The van der Waals surface area contributed by atoms with Gasteiger partial charge >= 0.3 is 11.9 Å². The zero-order valence-electron chi connectivity index (χ0n) is 38.0. The van der Waals surface area contributed by atoms with Crippen LogP contribution < -0.4 is 0 Å². The number of likely N-dealkylation sites (N-methyl/N-ethyl adjacent to an activating group) is 1. The molecule has 5 saturated carbocycles. The number of carboxylic acid groups (broad SMARTS) is 1. The average Bonchev–Trinajstić information content (AvgIpc) is 3.42. The van der Waals surface area contributed by atoms with E-state index in [1.165, 1.54) is 5.57 Å². The maximum Gasteiger partial charge on any atom is 0.309 e. The quantitative estimate of drug-likeness (QED) is 0.222. The average molecular weight is 834 g/mol. The number of hydrogen-bond acceptors (Lipinski definition) is 6. The Morgan fingerprint density at radius 2 is 1.58 bits per heavy atom. The monoisotopic (exact) mass is 833 g/mol. The van der Waals surface area contributed by atoms with Crippen LogP contribution in [0.3, 0.4) is 0 Å². The molecule has 1 aromatic carbocycles. The number of amides is 1. The van der Waals surface area contributed by atoms with Crippen molar-refractivity contribution in [1.82, 2.24) is 9.80 Å². The van der Waals surface area contributed by atoms with E-state index in [2.05, 4.69) is 53.4 Å². The summed E-state index contributed by atoms with van der Waals surface area (Å²) in [6.07, 6.45) is 8.91. The zero-order valence-corrected chi connectivity index (χ0v) is 38.8. The van der Waals surface area contributed by atoms with E-state index in [1.54, 1.807) is 0 Å². The number of aliphatic carboxylic acids is 1. The van der Waals surface area contributed by atoms with Crippen molar-refractivity contribution in [2.75, 3.05) is 27.2 Å². The first-order valence-electron chi connectivity index (χ1n) is 22.8. The van der Waals surface area contributed by atoms with E-state index >= 15 is 0 Å². The minimum absolute atomic E-state index is 0.0219. The van der Waals surface area contributed by atoms with Crippen LogP contribution in [-0.4, -0.2) is 71.8 Å². The van der Waals surface area contributed by atoms with Gasteiger partial charge in [-0.3, -0.25) is 19.2 Å². The van der Waals surface area contributed by atoms with Gasteiger partial charge < -0.3 is 19.6 Å². The Bertz CT molecular complexity index is 1900. The molecular formula is C50H73ClN2O6. The highest BCUT2D eigenvalue weighted by atomic mass is 35.5. The summed E-state index contributed by atoms with van der Waals surface area (Å²) in [5.74, 6) is -0.354. The smallest absolute Gasteiger partial charge is 0.309 e. The SMILES string of the molecule is CC(C)C1=C2[C@H]3CC[C@@H]4[C@@]5(C)CC[C@H](OC(=O)[C@H]6C[C@@H](C(=O)O)C6(C)C)C(C)(C)[C@@H]5CC[C@@]4(C)[C@]3(C)CC[C@@]2(CC(=O)N(CCN(C)C)Cc2cccc(Cl)c2)CC1=O. The topological polar surface area (TPSA) is 104 Å². The van der Waals surface area contributed by atoms with Crippen LogP contribution in [0.4, 0.5) is 0 Å². The van der Waals surface area contributed by atoms with E-state index in [0.29, 0.717) is 49.2 Å². The van der Waals surface area contributed by atoms with Crippen LogP contribution in [-0.2, 0) is 30.5 Å². The van der Waals surface area contributed by atoms with Crippen LogP contribution >= 0.6 is 11.6 Å². The highest BCUT2D eigenvalue weighted by molar-refractivity contribution is 6.30. The van der Waals surface area contributed by atoms with Crippen molar-refractivity contribution >= 4 is 35.2 Å². The number of ether oxygens (including phenoxy) is 1. The standard InChI is InChI=1S/C50H73ClN2O6/c1-30(2)41-36(54)27-50(28-40(55)53(24-23-52(10)11)29-31-13-12-14-32(51)25-31)22-21-48(8)33(42(41)50)15-16-38-47(7)19-18-39(46(5,6)37(47)17-20-49(38,48)9)59-44(58)35-26-34(43(56)57)45(35,3)4/h12-14,25,30,33-35,37-39H,15-24,26-29H2,1-11H3,(H,56,57)/t33-,34+,35-,37+,38-,39+,47+,48-,49-,50+/m1/s1. The van der Waals surface area contributed by atoms with Gasteiger partial charge in [0.1, 0.15) is 6.10 Å². The second-order valence-electron chi connectivity index (χ2n) is 22.7. The molecule has 1 amide bonds. The first-order valence-corrected chi connectivity index (χ1v) is 23.2. The van der Waals surface area contributed by atoms with E-state index in [9.17, 15) is 24.3 Å². The Kier molecular flexibility index (Phi) is 11.5. The maximum atomic E-state index is 14.7. The summed E-state index contributed by atoms with van der Waals surface area (Å²) in [6.45, 7) is 22.3. The third-order valence-corrected chi connectivity index (χ3v) is 18.8. The van der Waals surface area contributed by atoms with E-state index in [1.807, 2.05) is 57.1 Å². The summed E-state index contributed by atoms with van der Waals surface area (Å²) in [5, 5.41) is 10.4. The molecule has 0 spiro atoms. The first-order chi connectivity index (χ1) is 27.4. The van der Waals surface area contributed by atoms with E-state index < -0.39 is 22.7 Å². The number of carbonyl (C=O) groups excluding carboxylic acids is 3. The summed E-state index contributed by atoms with van der Waals surface area (Å²) in [6, 6.07) is 7.80. The molecule has 0 unspecified atom stereocenters. The number of hydrogen-bond donors (Lipinski definition) is 1. The first kappa shape index (κ1) is 44.3. The van der Waals surface area contributed by atoms with Crippen molar-refractivity contribution in [2.24, 2.45) is 68.0 Å². The van der Waals surface area contributed by atoms with Gasteiger partial charge in [-0.25, -0.2) is 0 Å². The number of allylic oxidation sites excluding steroid dienone is 2. The normalized spacial score (nSPS) is 38.2. The molecule has 0 aromatic heterocycles. The van der Waals surface area contributed by atoms with Gasteiger partial charge in [-0.1, -0.05) is 91.6 Å².